The van der Waals surface area contributed by atoms with Crippen molar-refractivity contribution in [2.45, 2.75) is 38.0 Å². The van der Waals surface area contributed by atoms with E-state index in [2.05, 4.69) is 16.0 Å². The zero-order valence-corrected chi connectivity index (χ0v) is 20.2. The van der Waals surface area contributed by atoms with E-state index in [-0.39, 0.29) is 37.6 Å². The van der Waals surface area contributed by atoms with E-state index >= 15 is 0 Å². The number of cyclic esters (lactones) is 1. The van der Waals surface area contributed by atoms with Crippen molar-refractivity contribution in [3.8, 4) is 0 Å². The Morgan fingerprint density at radius 3 is 2.42 bits per heavy atom. The fourth-order valence-corrected chi connectivity index (χ4v) is 3.82. The third-order valence-corrected chi connectivity index (χ3v) is 5.89. The molecular weight excluding hydrogens is 486 g/mol. The lowest BCUT2D eigenvalue weighted by atomic mass is 9.98. The summed E-state index contributed by atoms with van der Waals surface area (Å²) in [4.78, 5) is 49.4. The number of halogens is 1. The van der Waals surface area contributed by atoms with Crippen LogP contribution in [0.25, 0.3) is 0 Å². The van der Waals surface area contributed by atoms with E-state index in [0.29, 0.717) is 17.1 Å². The number of allylic oxidation sites excluding steroid dienone is 1. The normalized spacial score (nSPS) is 21.6. The molecule has 0 bridgehead atoms. The van der Waals surface area contributed by atoms with Gasteiger partial charge in [0.2, 0.25) is 11.8 Å². The molecule has 1 heterocycles. The van der Waals surface area contributed by atoms with Gasteiger partial charge in [-0.05, 0) is 36.1 Å². The SMILES string of the molecule is O=C(O)N[C@H]1C/C=C/C[C@@H](CC(=O)NCc2ccc(Cl)cc2)C(=O)NC[C@@H](c2ccccc2)OC1=O. The number of carboxylic acid groups (broad SMARTS) is 1. The van der Waals surface area contributed by atoms with Gasteiger partial charge in [0.15, 0.2) is 0 Å². The number of hydrogen-bond acceptors (Lipinski definition) is 5. The third-order valence-electron chi connectivity index (χ3n) is 5.64. The molecule has 0 spiro atoms. The van der Waals surface area contributed by atoms with Crippen molar-refractivity contribution in [2.24, 2.45) is 5.92 Å². The highest BCUT2D eigenvalue weighted by Crippen LogP contribution is 2.20. The molecule has 1 aliphatic rings. The van der Waals surface area contributed by atoms with Gasteiger partial charge in [0.25, 0.3) is 0 Å². The van der Waals surface area contributed by atoms with Crippen LogP contribution in [0.4, 0.5) is 4.79 Å². The number of nitrogens with one attached hydrogen (secondary N) is 3. The van der Waals surface area contributed by atoms with Crippen molar-refractivity contribution in [2.75, 3.05) is 6.54 Å². The lowest BCUT2D eigenvalue weighted by molar-refractivity contribution is -0.152. The monoisotopic (exact) mass is 513 g/mol. The van der Waals surface area contributed by atoms with E-state index in [0.717, 1.165) is 5.56 Å². The van der Waals surface area contributed by atoms with Gasteiger partial charge in [-0.25, -0.2) is 9.59 Å². The molecule has 190 valence electrons. The number of carbonyl (C=O) groups is 4. The Bertz CT molecular complexity index is 1090. The molecule has 3 atom stereocenters. The quantitative estimate of drug-likeness (QED) is 0.346. The van der Waals surface area contributed by atoms with E-state index in [1.54, 1.807) is 66.7 Å². The lowest BCUT2D eigenvalue weighted by Crippen LogP contribution is -2.43. The summed E-state index contributed by atoms with van der Waals surface area (Å²) in [5, 5.41) is 17.5. The lowest BCUT2D eigenvalue weighted by Gasteiger charge is -2.24. The van der Waals surface area contributed by atoms with E-state index in [1.807, 2.05) is 0 Å². The molecule has 3 rings (SSSR count). The molecule has 3 amide bonds. The maximum absolute atomic E-state index is 13.0. The van der Waals surface area contributed by atoms with Crippen LogP contribution in [0.2, 0.25) is 5.02 Å². The minimum Gasteiger partial charge on any atom is -0.465 e. The highest BCUT2D eigenvalue weighted by molar-refractivity contribution is 6.30. The fraction of sp³-hybridized carbons (Fsp3) is 0.308. The molecule has 0 aliphatic carbocycles. The zero-order valence-electron chi connectivity index (χ0n) is 19.5. The molecule has 36 heavy (non-hydrogen) atoms. The number of rotatable bonds is 6. The number of benzene rings is 2. The molecule has 2 aromatic rings. The minimum atomic E-state index is -1.35. The van der Waals surface area contributed by atoms with Gasteiger partial charge >= 0.3 is 12.1 Å². The van der Waals surface area contributed by atoms with Crippen LogP contribution in [0.1, 0.15) is 36.5 Å². The molecule has 0 saturated heterocycles. The summed E-state index contributed by atoms with van der Waals surface area (Å²) >= 11 is 5.89. The number of amides is 3. The van der Waals surface area contributed by atoms with E-state index in [9.17, 15) is 19.2 Å². The standard InChI is InChI=1S/C26H28ClN3O6/c27-20-12-10-17(11-13-20)15-28-23(31)14-19-8-4-5-9-21(30-26(34)35)25(33)36-22(16-29-24(19)32)18-6-2-1-3-7-18/h1-7,10-13,19,21-22,30H,8-9,14-16H2,(H,28,31)(H,29,32)(H,34,35)/b5-4+/t19-,21-,22-/m0/s1. The second-order valence-electron chi connectivity index (χ2n) is 8.33. The van der Waals surface area contributed by atoms with Crippen LogP contribution in [0.5, 0.6) is 0 Å². The molecule has 4 N–H and O–H groups in total. The van der Waals surface area contributed by atoms with Crippen LogP contribution >= 0.6 is 11.6 Å². The summed E-state index contributed by atoms with van der Waals surface area (Å²) in [5.74, 6) is -2.05. The van der Waals surface area contributed by atoms with Crippen LogP contribution in [0.15, 0.2) is 66.7 Å². The Morgan fingerprint density at radius 2 is 1.72 bits per heavy atom. The number of ether oxygens (including phenoxy) is 1. The van der Waals surface area contributed by atoms with Gasteiger partial charge in [-0.2, -0.15) is 0 Å². The molecule has 9 nitrogen and oxygen atoms in total. The second kappa shape index (κ2) is 13.3. The maximum atomic E-state index is 13.0. The molecule has 0 saturated carbocycles. The first-order valence-electron chi connectivity index (χ1n) is 11.5. The highest BCUT2D eigenvalue weighted by atomic mass is 35.5. The van der Waals surface area contributed by atoms with Crippen LogP contribution < -0.4 is 16.0 Å². The summed E-state index contributed by atoms with van der Waals surface area (Å²) in [6.07, 6.45) is 1.33. The topological polar surface area (TPSA) is 134 Å². The van der Waals surface area contributed by atoms with Crippen LogP contribution in [-0.2, 0) is 25.7 Å². The summed E-state index contributed by atoms with van der Waals surface area (Å²) in [6, 6.07) is 14.8. The average Bonchev–Trinajstić information content (AvgIpc) is 2.86. The Hall–Kier alpha value is -3.85. The Morgan fingerprint density at radius 1 is 1.03 bits per heavy atom. The predicted molar refractivity (Wildman–Crippen MR) is 133 cm³/mol. The van der Waals surface area contributed by atoms with Crippen molar-refractivity contribution in [3.05, 3.63) is 82.9 Å². The summed E-state index contributed by atoms with van der Waals surface area (Å²) in [7, 11) is 0. The second-order valence-corrected chi connectivity index (χ2v) is 8.77. The summed E-state index contributed by atoms with van der Waals surface area (Å²) < 4.78 is 5.58. The van der Waals surface area contributed by atoms with Crippen LogP contribution in [0, 0.1) is 5.92 Å². The summed E-state index contributed by atoms with van der Waals surface area (Å²) in [6.45, 7) is 0.274. The molecule has 2 aromatic carbocycles. The Labute approximate surface area is 213 Å². The minimum absolute atomic E-state index is 0.0268. The largest absolute Gasteiger partial charge is 0.465 e. The van der Waals surface area contributed by atoms with Gasteiger partial charge in [-0.3, -0.25) is 9.59 Å². The average molecular weight is 514 g/mol. The smallest absolute Gasteiger partial charge is 0.405 e. The van der Waals surface area contributed by atoms with Gasteiger partial charge < -0.3 is 25.8 Å². The third kappa shape index (κ3) is 8.42. The first-order chi connectivity index (χ1) is 17.3. The van der Waals surface area contributed by atoms with Crippen molar-refractivity contribution in [1.82, 2.24) is 16.0 Å². The first kappa shape index (κ1) is 26.7. The molecule has 0 aromatic heterocycles. The van der Waals surface area contributed by atoms with Gasteiger partial charge in [-0.15, -0.1) is 0 Å². The maximum Gasteiger partial charge on any atom is 0.405 e. The number of carbonyl (C=O) groups excluding carboxylic acids is 3. The molecule has 10 heteroatoms. The van der Waals surface area contributed by atoms with Crippen molar-refractivity contribution < 1.29 is 29.0 Å². The van der Waals surface area contributed by atoms with Gasteiger partial charge in [0.05, 0.1) is 12.5 Å². The molecule has 0 unspecified atom stereocenters. The Kier molecular flexibility index (Phi) is 9.88. The molecule has 0 radical (unpaired) electrons. The Balaban J connectivity index is 1.72. The predicted octanol–water partition coefficient (Wildman–Crippen LogP) is 3.35. The zero-order chi connectivity index (χ0) is 25.9. The molecular formula is C26H28ClN3O6. The molecule has 0 fully saturated rings. The van der Waals surface area contributed by atoms with E-state index in [4.69, 9.17) is 21.4 Å². The van der Waals surface area contributed by atoms with E-state index in [1.165, 1.54) is 0 Å². The summed E-state index contributed by atoms with van der Waals surface area (Å²) in [5.41, 5.74) is 1.52. The van der Waals surface area contributed by atoms with Crippen LogP contribution in [0.3, 0.4) is 0 Å². The number of esters is 1. The van der Waals surface area contributed by atoms with Crippen molar-refractivity contribution in [3.63, 3.8) is 0 Å². The molecule has 1 aliphatic heterocycles. The van der Waals surface area contributed by atoms with Gasteiger partial charge in [0.1, 0.15) is 12.1 Å². The van der Waals surface area contributed by atoms with Crippen molar-refractivity contribution in [1.29, 1.82) is 0 Å². The van der Waals surface area contributed by atoms with Crippen LogP contribution in [-0.4, -0.2) is 41.6 Å². The van der Waals surface area contributed by atoms with Crippen molar-refractivity contribution >= 4 is 35.5 Å². The van der Waals surface area contributed by atoms with E-state index < -0.39 is 30.1 Å². The van der Waals surface area contributed by atoms with Gasteiger partial charge in [0, 0.05) is 18.0 Å². The first-order valence-corrected chi connectivity index (χ1v) is 11.9. The highest BCUT2D eigenvalue weighted by Gasteiger charge is 2.28. The fourth-order valence-electron chi connectivity index (χ4n) is 3.69. The van der Waals surface area contributed by atoms with Gasteiger partial charge in [-0.1, -0.05) is 66.2 Å². The number of hydrogen-bond donors (Lipinski definition) is 4.